The maximum Gasteiger partial charge on any atom is 0.164 e. The number of hydrogen-bond donors (Lipinski definition) is 0. The average molecular weight is 717 g/mol. The number of rotatable bonds is 6. The van der Waals surface area contributed by atoms with Crippen LogP contribution in [0.15, 0.2) is 199 Å². The van der Waals surface area contributed by atoms with E-state index in [1.165, 1.54) is 21.9 Å². The fourth-order valence-corrected chi connectivity index (χ4v) is 8.13. The maximum atomic E-state index is 7.08. The first-order valence-electron chi connectivity index (χ1n) is 18.8. The van der Waals surface area contributed by atoms with Gasteiger partial charge in [-0.2, -0.15) is 0 Å². The molecule has 0 unspecified atom stereocenters. The zero-order valence-corrected chi connectivity index (χ0v) is 30.2. The Balaban J connectivity index is 1.22. The molecular weight excluding hydrogens is 685 g/mol. The lowest BCUT2D eigenvalue weighted by molar-refractivity contribution is 0.666. The summed E-state index contributed by atoms with van der Waals surface area (Å²) in [6, 6.07) is 67.3. The Kier molecular flexibility index (Phi) is 7.42. The molecule has 3 heterocycles. The Bertz CT molecular complexity index is 3170. The van der Waals surface area contributed by atoms with Crippen LogP contribution in [0.25, 0.3) is 106 Å². The highest BCUT2D eigenvalue weighted by atomic mass is 16.3. The minimum Gasteiger partial charge on any atom is -0.454 e. The van der Waals surface area contributed by atoms with Crippen LogP contribution in [0.3, 0.4) is 0 Å². The van der Waals surface area contributed by atoms with Crippen molar-refractivity contribution in [2.45, 2.75) is 0 Å². The van der Waals surface area contributed by atoms with Crippen molar-refractivity contribution in [3.63, 3.8) is 0 Å². The summed E-state index contributed by atoms with van der Waals surface area (Å²) in [5.41, 5.74) is 11.9. The van der Waals surface area contributed by atoms with Crippen molar-refractivity contribution in [2.75, 3.05) is 0 Å². The molecule has 0 aliphatic heterocycles. The zero-order chi connectivity index (χ0) is 37.0. The van der Waals surface area contributed by atoms with Crippen LogP contribution in [0.5, 0.6) is 0 Å². The standard InChI is InChI=1S/C51H32N4O/c1-5-17-33(18-6-1)37-31-41(51-53-49(35-21-9-3-10-22-35)52-50(54-51)36-23-11-4-12-24-36)47-40-27-16-30-44(48(40)56-45(47)32-37)55-42-28-14-13-25-39(42)46-38(26-15-29-43(46)55)34-19-7-2-8-20-34/h1-32H. The summed E-state index contributed by atoms with van der Waals surface area (Å²) in [4.78, 5) is 15.4. The third-order valence-corrected chi connectivity index (χ3v) is 10.6. The SMILES string of the molecule is c1ccc(-c2cc(-c3nc(-c4ccccc4)nc(-c4ccccc4)n3)c3c(c2)oc2c(-n4c5ccccc5c5c(-c6ccccc6)cccc54)cccc23)cc1. The molecule has 0 radical (unpaired) electrons. The van der Waals surface area contributed by atoms with Crippen LogP contribution >= 0.6 is 0 Å². The number of fused-ring (bicyclic) bond motifs is 6. The molecule has 0 saturated heterocycles. The summed E-state index contributed by atoms with van der Waals surface area (Å²) in [5.74, 6) is 1.80. The van der Waals surface area contributed by atoms with E-state index in [2.05, 4.69) is 132 Å². The Morgan fingerprint density at radius 2 is 0.893 bits per heavy atom. The molecule has 0 spiro atoms. The molecular formula is C51H32N4O. The summed E-state index contributed by atoms with van der Waals surface area (Å²) in [7, 11) is 0. The van der Waals surface area contributed by atoms with Crippen molar-refractivity contribution in [3.05, 3.63) is 194 Å². The van der Waals surface area contributed by atoms with Crippen molar-refractivity contribution in [1.82, 2.24) is 19.5 Å². The van der Waals surface area contributed by atoms with Crippen LogP contribution in [-0.4, -0.2) is 19.5 Å². The van der Waals surface area contributed by atoms with Gasteiger partial charge in [0.2, 0.25) is 0 Å². The summed E-state index contributed by atoms with van der Waals surface area (Å²) in [6.45, 7) is 0. The molecule has 5 nitrogen and oxygen atoms in total. The summed E-state index contributed by atoms with van der Waals surface area (Å²) in [6.07, 6.45) is 0. The molecule has 0 saturated carbocycles. The summed E-state index contributed by atoms with van der Waals surface area (Å²) >= 11 is 0. The number of furan rings is 1. The smallest absolute Gasteiger partial charge is 0.164 e. The molecule has 0 N–H and O–H groups in total. The van der Waals surface area contributed by atoms with E-state index in [0.29, 0.717) is 17.5 Å². The highest BCUT2D eigenvalue weighted by Crippen LogP contribution is 2.44. The fourth-order valence-electron chi connectivity index (χ4n) is 8.13. The van der Waals surface area contributed by atoms with Crippen molar-refractivity contribution < 1.29 is 4.42 Å². The third kappa shape index (κ3) is 5.21. The monoisotopic (exact) mass is 716 g/mol. The lowest BCUT2D eigenvalue weighted by atomic mass is 9.98. The second kappa shape index (κ2) is 13.0. The molecule has 0 aliphatic carbocycles. The van der Waals surface area contributed by atoms with Gasteiger partial charge in [0, 0.05) is 38.2 Å². The van der Waals surface area contributed by atoms with Crippen molar-refractivity contribution in [3.8, 4) is 62.1 Å². The van der Waals surface area contributed by atoms with E-state index in [0.717, 1.165) is 66.5 Å². The van der Waals surface area contributed by atoms with E-state index in [1.807, 2.05) is 66.7 Å². The van der Waals surface area contributed by atoms with E-state index in [-0.39, 0.29) is 0 Å². The molecule has 262 valence electrons. The first-order chi connectivity index (χ1) is 27.8. The Hall–Kier alpha value is -7.63. The normalized spacial score (nSPS) is 11.6. The van der Waals surface area contributed by atoms with Gasteiger partial charge in [-0.25, -0.2) is 15.0 Å². The van der Waals surface area contributed by atoms with Crippen molar-refractivity contribution >= 4 is 43.7 Å². The first kappa shape index (κ1) is 31.9. The molecule has 8 aromatic carbocycles. The van der Waals surface area contributed by atoms with Gasteiger partial charge in [-0.15, -0.1) is 0 Å². The first-order valence-corrected chi connectivity index (χ1v) is 18.8. The predicted octanol–water partition coefficient (Wildman–Crippen LogP) is 13.2. The minimum absolute atomic E-state index is 0.581. The van der Waals surface area contributed by atoms with Crippen molar-refractivity contribution in [1.29, 1.82) is 0 Å². The molecule has 5 heteroatoms. The summed E-state index contributed by atoms with van der Waals surface area (Å²) < 4.78 is 9.43. The fraction of sp³-hybridized carbons (Fsp3) is 0. The van der Waals surface area contributed by atoms with E-state index in [4.69, 9.17) is 19.4 Å². The van der Waals surface area contributed by atoms with Gasteiger partial charge in [-0.3, -0.25) is 0 Å². The van der Waals surface area contributed by atoms with E-state index < -0.39 is 0 Å². The number of hydrogen-bond acceptors (Lipinski definition) is 4. The van der Waals surface area contributed by atoms with Crippen molar-refractivity contribution in [2.24, 2.45) is 0 Å². The van der Waals surface area contributed by atoms with E-state index in [1.54, 1.807) is 0 Å². The molecule has 3 aromatic heterocycles. The van der Waals surface area contributed by atoms with Gasteiger partial charge < -0.3 is 8.98 Å². The van der Waals surface area contributed by atoms with Gasteiger partial charge in [-0.1, -0.05) is 164 Å². The zero-order valence-electron chi connectivity index (χ0n) is 30.2. The van der Waals surface area contributed by atoms with Crippen LogP contribution in [0.4, 0.5) is 0 Å². The van der Waals surface area contributed by atoms with Crippen LogP contribution in [0, 0.1) is 0 Å². The van der Waals surface area contributed by atoms with Gasteiger partial charge in [0.15, 0.2) is 23.1 Å². The van der Waals surface area contributed by atoms with Gasteiger partial charge >= 0.3 is 0 Å². The topological polar surface area (TPSA) is 56.7 Å². The maximum absolute atomic E-state index is 7.08. The largest absolute Gasteiger partial charge is 0.454 e. The molecule has 11 rings (SSSR count). The molecule has 0 amide bonds. The van der Waals surface area contributed by atoms with Gasteiger partial charge in [0.1, 0.15) is 5.58 Å². The number of para-hydroxylation sites is 2. The number of benzene rings is 8. The average Bonchev–Trinajstić information content (AvgIpc) is 3.83. The van der Waals surface area contributed by atoms with E-state index in [9.17, 15) is 0 Å². The molecule has 0 fully saturated rings. The van der Waals surface area contributed by atoms with Crippen LogP contribution in [-0.2, 0) is 0 Å². The Morgan fingerprint density at radius 3 is 1.57 bits per heavy atom. The molecule has 0 bridgehead atoms. The van der Waals surface area contributed by atoms with Crippen LogP contribution in [0.1, 0.15) is 0 Å². The molecule has 0 aliphatic rings. The highest BCUT2D eigenvalue weighted by Gasteiger charge is 2.23. The molecule has 11 aromatic rings. The van der Waals surface area contributed by atoms with Crippen LogP contribution in [0.2, 0.25) is 0 Å². The summed E-state index contributed by atoms with van der Waals surface area (Å²) in [5, 5.41) is 4.34. The predicted molar refractivity (Wildman–Crippen MR) is 229 cm³/mol. The lowest BCUT2D eigenvalue weighted by Crippen LogP contribution is -2.00. The minimum atomic E-state index is 0.581. The third-order valence-electron chi connectivity index (χ3n) is 10.6. The Labute approximate surface area is 322 Å². The second-order valence-electron chi connectivity index (χ2n) is 14.0. The highest BCUT2D eigenvalue weighted by molar-refractivity contribution is 6.18. The Morgan fingerprint density at radius 1 is 0.357 bits per heavy atom. The number of aromatic nitrogens is 4. The number of nitrogens with zero attached hydrogens (tertiary/aromatic N) is 4. The molecule has 0 atom stereocenters. The van der Waals surface area contributed by atoms with Gasteiger partial charge in [0.25, 0.3) is 0 Å². The van der Waals surface area contributed by atoms with E-state index >= 15 is 0 Å². The lowest BCUT2D eigenvalue weighted by Gasteiger charge is -2.11. The second-order valence-corrected chi connectivity index (χ2v) is 14.0. The van der Waals surface area contributed by atoms with Gasteiger partial charge in [-0.05, 0) is 52.6 Å². The molecule has 56 heavy (non-hydrogen) atoms. The quantitative estimate of drug-likeness (QED) is 0.172. The van der Waals surface area contributed by atoms with Gasteiger partial charge in [0.05, 0.1) is 16.7 Å². The van der Waals surface area contributed by atoms with Crippen LogP contribution < -0.4 is 0 Å².